The molecule has 3 aliphatic rings. The fourth-order valence-electron chi connectivity index (χ4n) is 3.20. The van der Waals surface area contributed by atoms with Crippen LogP contribution in [0.25, 0.3) is 0 Å². The van der Waals surface area contributed by atoms with Gasteiger partial charge in [-0.15, -0.1) is 0 Å². The normalized spacial score (nSPS) is 28.5. The lowest BCUT2D eigenvalue weighted by Crippen LogP contribution is -2.56. The highest BCUT2D eigenvalue weighted by Crippen LogP contribution is 2.36. The van der Waals surface area contributed by atoms with Gasteiger partial charge in [0.05, 0.1) is 11.6 Å². The average molecular weight is 300 g/mol. The van der Waals surface area contributed by atoms with E-state index < -0.39 is 11.7 Å². The summed E-state index contributed by atoms with van der Waals surface area (Å²) in [5.74, 6) is 0.575. The second-order valence-corrected chi connectivity index (χ2v) is 5.59. The van der Waals surface area contributed by atoms with E-state index in [2.05, 4.69) is 4.98 Å². The van der Waals surface area contributed by atoms with Crippen molar-refractivity contribution in [3.05, 3.63) is 23.9 Å². The smallest absolute Gasteiger partial charge is 0.417 e. The monoisotopic (exact) mass is 300 g/mol. The summed E-state index contributed by atoms with van der Waals surface area (Å²) >= 11 is 0. The molecule has 0 N–H and O–H groups in total. The molecule has 1 aliphatic carbocycles. The van der Waals surface area contributed by atoms with Crippen LogP contribution in [0.15, 0.2) is 18.3 Å². The van der Waals surface area contributed by atoms with Crippen LogP contribution in [-0.2, 0) is 11.0 Å². The molecule has 1 amide bonds. The van der Waals surface area contributed by atoms with Crippen molar-refractivity contribution < 1.29 is 22.7 Å². The lowest BCUT2D eigenvalue weighted by molar-refractivity contribution is -0.138. The third-order valence-electron chi connectivity index (χ3n) is 4.23. The molecule has 3 heterocycles. The van der Waals surface area contributed by atoms with Crippen molar-refractivity contribution in [2.24, 2.45) is 5.92 Å². The summed E-state index contributed by atoms with van der Waals surface area (Å²) in [7, 11) is 0. The molecule has 0 aromatic carbocycles. The molecule has 1 saturated carbocycles. The van der Waals surface area contributed by atoms with Gasteiger partial charge in [0.2, 0.25) is 12.3 Å². The van der Waals surface area contributed by atoms with Crippen LogP contribution in [0.3, 0.4) is 0 Å². The number of nitrogens with zero attached hydrogens (tertiary/aromatic N) is 2. The van der Waals surface area contributed by atoms with E-state index in [4.69, 9.17) is 4.74 Å². The van der Waals surface area contributed by atoms with Gasteiger partial charge in [0, 0.05) is 18.8 Å². The molecule has 3 unspecified atom stereocenters. The number of carbonyl (C=O) groups is 1. The van der Waals surface area contributed by atoms with Crippen LogP contribution in [0.1, 0.15) is 24.8 Å². The fraction of sp³-hybridized carbons (Fsp3) is 0.571. The van der Waals surface area contributed by atoms with Crippen LogP contribution in [0.4, 0.5) is 13.2 Å². The predicted octanol–water partition coefficient (Wildman–Crippen LogP) is 2.49. The Hall–Kier alpha value is -1.79. The molecule has 1 aromatic heterocycles. The Morgan fingerprint density at radius 3 is 2.71 bits per heavy atom. The standard InChI is InChI=1S/C14H15F3N2O2/c15-14(16,17)10-2-4-13(18-6-10)21-12-5-9-1-3-11(12)19(7-9)8-20/h2,4,6,8-9,11-12H,1,3,5,7H2. The number of hydrogen-bond donors (Lipinski definition) is 0. The first-order chi connectivity index (χ1) is 9.97. The van der Waals surface area contributed by atoms with Crippen molar-refractivity contribution in [1.29, 1.82) is 0 Å². The number of piperidine rings is 2. The quantitative estimate of drug-likeness (QED) is 0.805. The number of hydrogen-bond acceptors (Lipinski definition) is 3. The molecule has 7 heteroatoms. The zero-order valence-electron chi connectivity index (χ0n) is 11.2. The highest BCUT2D eigenvalue weighted by molar-refractivity contribution is 5.48. The van der Waals surface area contributed by atoms with Gasteiger partial charge in [0.25, 0.3) is 0 Å². The van der Waals surface area contributed by atoms with Crippen LogP contribution < -0.4 is 4.74 Å². The second-order valence-electron chi connectivity index (χ2n) is 5.59. The highest BCUT2D eigenvalue weighted by Gasteiger charge is 2.41. The summed E-state index contributed by atoms with van der Waals surface area (Å²) in [6.07, 6.45) is -0.238. The Labute approximate surface area is 119 Å². The zero-order chi connectivity index (χ0) is 15.0. The van der Waals surface area contributed by atoms with Crippen LogP contribution in [-0.4, -0.2) is 35.0 Å². The number of fused-ring (bicyclic) bond motifs is 3. The average Bonchev–Trinajstić information content (AvgIpc) is 2.47. The molecular weight excluding hydrogens is 285 g/mol. The Balaban J connectivity index is 1.70. The van der Waals surface area contributed by atoms with E-state index in [1.54, 1.807) is 4.90 Å². The highest BCUT2D eigenvalue weighted by atomic mass is 19.4. The molecule has 0 radical (unpaired) electrons. The third-order valence-corrected chi connectivity index (χ3v) is 4.23. The lowest BCUT2D eigenvalue weighted by Gasteiger charge is -2.47. The van der Waals surface area contributed by atoms with E-state index in [-0.39, 0.29) is 18.0 Å². The van der Waals surface area contributed by atoms with E-state index in [0.717, 1.165) is 44.5 Å². The second kappa shape index (κ2) is 5.20. The fourth-order valence-corrected chi connectivity index (χ4v) is 3.20. The number of pyridine rings is 1. The number of halogens is 3. The number of carbonyl (C=O) groups excluding carboxylic acids is 1. The number of rotatable bonds is 3. The van der Waals surface area contributed by atoms with Crippen molar-refractivity contribution in [1.82, 2.24) is 9.88 Å². The van der Waals surface area contributed by atoms with Gasteiger partial charge in [-0.05, 0) is 31.2 Å². The first kappa shape index (κ1) is 14.2. The van der Waals surface area contributed by atoms with Crippen molar-refractivity contribution in [3.8, 4) is 5.88 Å². The maximum absolute atomic E-state index is 12.5. The maximum Gasteiger partial charge on any atom is 0.417 e. The van der Waals surface area contributed by atoms with E-state index in [9.17, 15) is 18.0 Å². The molecule has 4 rings (SSSR count). The third kappa shape index (κ3) is 2.82. The SMILES string of the molecule is O=CN1CC2CCC1C(Oc1ccc(C(F)(F)F)cn1)C2. The van der Waals surface area contributed by atoms with Gasteiger partial charge in [0.15, 0.2) is 0 Å². The van der Waals surface area contributed by atoms with Crippen molar-refractivity contribution in [2.75, 3.05) is 6.54 Å². The number of ether oxygens (including phenoxy) is 1. The number of amides is 1. The van der Waals surface area contributed by atoms with Gasteiger partial charge in [0.1, 0.15) is 6.10 Å². The Kier molecular flexibility index (Phi) is 3.51. The van der Waals surface area contributed by atoms with Crippen LogP contribution in [0.5, 0.6) is 5.88 Å². The van der Waals surface area contributed by atoms with Gasteiger partial charge in [-0.25, -0.2) is 4.98 Å². The number of alkyl halides is 3. The van der Waals surface area contributed by atoms with E-state index >= 15 is 0 Å². The Morgan fingerprint density at radius 1 is 1.33 bits per heavy atom. The Bertz CT molecular complexity index is 518. The van der Waals surface area contributed by atoms with Crippen LogP contribution in [0.2, 0.25) is 0 Å². The van der Waals surface area contributed by atoms with Crippen molar-refractivity contribution in [2.45, 2.75) is 37.6 Å². The lowest BCUT2D eigenvalue weighted by atomic mass is 9.78. The van der Waals surface area contributed by atoms with E-state index in [0.29, 0.717) is 5.92 Å². The minimum atomic E-state index is -4.40. The van der Waals surface area contributed by atoms with Crippen LogP contribution in [0, 0.1) is 5.92 Å². The predicted molar refractivity (Wildman–Crippen MR) is 67.6 cm³/mol. The zero-order valence-corrected chi connectivity index (χ0v) is 11.2. The van der Waals surface area contributed by atoms with Gasteiger partial charge in [-0.2, -0.15) is 13.2 Å². The molecule has 0 spiro atoms. The molecular formula is C14H15F3N2O2. The van der Waals surface area contributed by atoms with Gasteiger partial charge >= 0.3 is 6.18 Å². The summed E-state index contributed by atoms with van der Waals surface area (Å²) in [6.45, 7) is 0.745. The Morgan fingerprint density at radius 2 is 2.14 bits per heavy atom. The largest absolute Gasteiger partial charge is 0.472 e. The summed E-state index contributed by atoms with van der Waals surface area (Å²) in [6, 6.07) is 2.19. The van der Waals surface area contributed by atoms with Gasteiger partial charge in [-0.3, -0.25) is 4.79 Å². The molecule has 3 atom stereocenters. The first-order valence-corrected chi connectivity index (χ1v) is 6.88. The summed E-state index contributed by atoms with van der Waals surface area (Å²) < 4.78 is 43.1. The van der Waals surface area contributed by atoms with Gasteiger partial charge < -0.3 is 9.64 Å². The van der Waals surface area contributed by atoms with Gasteiger partial charge in [-0.1, -0.05) is 0 Å². The number of aromatic nitrogens is 1. The minimum absolute atomic E-state index is 0.00315. The van der Waals surface area contributed by atoms with Crippen molar-refractivity contribution >= 4 is 6.41 Å². The summed E-state index contributed by atoms with van der Waals surface area (Å²) in [5, 5.41) is 0. The topological polar surface area (TPSA) is 42.4 Å². The van der Waals surface area contributed by atoms with Crippen LogP contribution >= 0.6 is 0 Å². The molecule has 3 fully saturated rings. The molecule has 4 nitrogen and oxygen atoms in total. The molecule has 114 valence electrons. The molecule has 2 bridgehead atoms. The summed E-state index contributed by atoms with van der Waals surface area (Å²) in [5.41, 5.74) is -0.797. The van der Waals surface area contributed by atoms with Crippen molar-refractivity contribution in [3.63, 3.8) is 0 Å². The molecule has 2 saturated heterocycles. The van der Waals surface area contributed by atoms with E-state index in [1.165, 1.54) is 6.07 Å². The molecule has 1 aromatic rings. The first-order valence-electron chi connectivity index (χ1n) is 6.88. The minimum Gasteiger partial charge on any atom is -0.472 e. The molecule has 2 aliphatic heterocycles. The van der Waals surface area contributed by atoms with E-state index in [1.807, 2.05) is 0 Å². The maximum atomic E-state index is 12.5. The molecule has 21 heavy (non-hydrogen) atoms. The summed E-state index contributed by atoms with van der Waals surface area (Å²) in [4.78, 5) is 16.5.